The van der Waals surface area contributed by atoms with Gasteiger partial charge in [0.2, 0.25) is 0 Å². The number of nitrogens with zero attached hydrogens (tertiary/aromatic N) is 1. The summed E-state index contributed by atoms with van der Waals surface area (Å²) in [6, 6.07) is 14.2. The van der Waals surface area contributed by atoms with Crippen molar-refractivity contribution >= 4 is 38.2 Å². The smallest absolute Gasteiger partial charge is 0.303 e. The lowest BCUT2D eigenvalue weighted by Gasteiger charge is -2.07. The predicted octanol–water partition coefficient (Wildman–Crippen LogP) is 5.16. The average Bonchev–Trinajstić information content (AvgIpc) is 3.39. The van der Waals surface area contributed by atoms with Crippen LogP contribution in [0.1, 0.15) is 18.9 Å². The zero-order valence-electron chi connectivity index (χ0n) is 17.1. The largest absolute Gasteiger partial charge is 0.494 e. The topological polar surface area (TPSA) is 85.6 Å². The molecule has 9 heteroatoms. The number of hydrogen-bond acceptors (Lipinski definition) is 5. The molecule has 4 aromatic rings. The SMILES string of the molecule is CCOc1ccc2c(c1)c(CCC(=O)O)cn2S(=O)(=O)c1ccc(-c2ccc(F)cc2)s1. The number of aliphatic carboxylic acids is 1. The highest BCUT2D eigenvalue weighted by Gasteiger charge is 2.24. The van der Waals surface area contributed by atoms with E-state index in [1.807, 2.05) is 6.92 Å². The minimum Gasteiger partial charge on any atom is -0.494 e. The summed E-state index contributed by atoms with van der Waals surface area (Å²) in [6.45, 7) is 2.30. The number of carbonyl (C=O) groups is 1. The lowest BCUT2D eigenvalue weighted by Crippen LogP contribution is -2.10. The third-order valence-corrected chi connectivity index (χ3v) is 8.24. The molecule has 0 aliphatic carbocycles. The van der Waals surface area contributed by atoms with Crippen molar-refractivity contribution in [3.8, 4) is 16.2 Å². The molecule has 0 radical (unpaired) electrons. The number of ether oxygens (including phenoxy) is 1. The van der Waals surface area contributed by atoms with Crippen molar-refractivity contribution in [3.05, 3.63) is 72.2 Å². The number of aromatic nitrogens is 1. The summed E-state index contributed by atoms with van der Waals surface area (Å²) in [5.74, 6) is -0.740. The molecule has 0 fully saturated rings. The van der Waals surface area contributed by atoms with E-state index in [-0.39, 0.29) is 22.9 Å². The van der Waals surface area contributed by atoms with Crippen LogP contribution in [-0.4, -0.2) is 30.1 Å². The predicted molar refractivity (Wildman–Crippen MR) is 121 cm³/mol. The normalized spacial score (nSPS) is 11.7. The summed E-state index contributed by atoms with van der Waals surface area (Å²) in [5, 5.41) is 9.72. The molecular weight excluding hydrogens is 453 g/mol. The van der Waals surface area contributed by atoms with Crippen LogP contribution in [0.15, 0.2) is 65.0 Å². The molecule has 0 atom stereocenters. The van der Waals surface area contributed by atoms with Crippen molar-refractivity contribution in [3.63, 3.8) is 0 Å². The van der Waals surface area contributed by atoms with E-state index in [1.165, 1.54) is 28.4 Å². The van der Waals surface area contributed by atoms with Gasteiger partial charge in [0.25, 0.3) is 10.0 Å². The minimum absolute atomic E-state index is 0.119. The van der Waals surface area contributed by atoms with Crippen molar-refractivity contribution in [1.82, 2.24) is 3.97 Å². The van der Waals surface area contributed by atoms with Gasteiger partial charge in [-0.1, -0.05) is 12.1 Å². The number of carboxylic acid groups (broad SMARTS) is 1. The first-order chi connectivity index (χ1) is 15.3. The minimum atomic E-state index is -3.93. The molecule has 166 valence electrons. The van der Waals surface area contributed by atoms with Crippen LogP contribution in [0.25, 0.3) is 21.3 Å². The fourth-order valence-electron chi connectivity index (χ4n) is 3.47. The molecule has 2 aromatic heterocycles. The van der Waals surface area contributed by atoms with Crippen LogP contribution >= 0.6 is 11.3 Å². The van der Waals surface area contributed by atoms with Crippen LogP contribution in [-0.2, 0) is 21.2 Å². The Morgan fingerprint density at radius 2 is 1.88 bits per heavy atom. The number of aryl methyl sites for hydroxylation is 1. The molecule has 0 saturated heterocycles. The highest BCUT2D eigenvalue weighted by Crippen LogP contribution is 2.35. The van der Waals surface area contributed by atoms with E-state index < -0.39 is 16.0 Å². The lowest BCUT2D eigenvalue weighted by atomic mass is 10.1. The Morgan fingerprint density at radius 3 is 2.56 bits per heavy atom. The molecule has 0 saturated carbocycles. The summed E-state index contributed by atoms with van der Waals surface area (Å²) in [5.41, 5.74) is 1.78. The number of halogens is 1. The molecule has 0 amide bonds. The van der Waals surface area contributed by atoms with Gasteiger partial charge in [-0.2, -0.15) is 8.42 Å². The van der Waals surface area contributed by atoms with Crippen LogP contribution in [0.2, 0.25) is 0 Å². The van der Waals surface area contributed by atoms with E-state index in [9.17, 15) is 17.6 Å². The van der Waals surface area contributed by atoms with Crippen LogP contribution in [0.3, 0.4) is 0 Å². The average molecular weight is 474 g/mol. The first kappa shape index (κ1) is 22.0. The summed E-state index contributed by atoms with van der Waals surface area (Å²) >= 11 is 1.09. The fraction of sp³-hybridized carbons (Fsp3) is 0.174. The van der Waals surface area contributed by atoms with Gasteiger partial charge < -0.3 is 9.84 Å². The Labute approximate surface area is 188 Å². The molecular formula is C23H20FNO5S2. The second-order valence-corrected chi connectivity index (χ2v) is 10.2. The van der Waals surface area contributed by atoms with Gasteiger partial charge in [-0.25, -0.2) is 8.36 Å². The maximum atomic E-state index is 13.5. The molecule has 4 rings (SSSR count). The van der Waals surface area contributed by atoms with Gasteiger partial charge in [-0.15, -0.1) is 11.3 Å². The molecule has 6 nitrogen and oxygen atoms in total. The molecule has 0 aliphatic rings. The van der Waals surface area contributed by atoms with E-state index in [0.29, 0.717) is 33.7 Å². The van der Waals surface area contributed by atoms with Gasteiger partial charge in [-0.3, -0.25) is 4.79 Å². The molecule has 2 heterocycles. The number of carboxylic acids is 1. The van der Waals surface area contributed by atoms with E-state index in [1.54, 1.807) is 36.4 Å². The van der Waals surface area contributed by atoms with E-state index in [4.69, 9.17) is 9.84 Å². The van der Waals surface area contributed by atoms with E-state index >= 15 is 0 Å². The number of fused-ring (bicyclic) bond motifs is 1. The quantitative estimate of drug-likeness (QED) is 0.382. The van der Waals surface area contributed by atoms with Gasteiger partial charge >= 0.3 is 5.97 Å². The fourth-order valence-corrected chi connectivity index (χ4v) is 6.26. The van der Waals surface area contributed by atoms with Crippen LogP contribution in [0.4, 0.5) is 4.39 Å². The highest BCUT2D eigenvalue weighted by atomic mass is 32.2. The first-order valence-corrected chi connectivity index (χ1v) is 12.1. The Kier molecular flexibility index (Phi) is 6.03. The zero-order chi connectivity index (χ0) is 22.9. The van der Waals surface area contributed by atoms with Crippen molar-refractivity contribution in [1.29, 1.82) is 0 Å². The number of thiophene rings is 1. The van der Waals surface area contributed by atoms with Crippen molar-refractivity contribution in [2.75, 3.05) is 6.61 Å². The lowest BCUT2D eigenvalue weighted by molar-refractivity contribution is -0.136. The third-order valence-electron chi connectivity index (χ3n) is 4.97. The van der Waals surface area contributed by atoms with Crippen LogP contribution in [0, 0.1) is 5.82 Å². The Morgan fingerprint density at radius 1 is 1.12 bits per heavy atom. The van der Waals surface area contributed by atoms with Crippen molar-refractivity contribution in [2.24, 2.45) is 0 Å². The first-order valence-electron chi connectivity index (χ1n) is 9.89. The maximum Gasteiger partial charge on any atom is 0.303 e. The van der Waals surface area contributed by atoms with Crippen molar-refractivity contribution in [2.45, 2.75) is 24.0 Å². The zero-order valence-corrected chi connectivity index (χ0v) is 18.7. The molecule has 2 aromatic carbocycles. The molecule has 0 spiro atoms. The Hall–Kier alpha value is -3.17. The third kappa shape index (κ3) is 4.26. The molecule has 0 unspecified atom stereocenters. The molecule has 0 aliphatic heterocycles. The Bertz CT molecular complexity index is 1390. The van der Waals surface area contributed by atoms with Crippen LogP contribution in [0.5, 0.6) is 5.75 Å². The highest BCUT2D eigenvalue weighted by molar-refractivity contribution is 7.92. The number of benzene rings is 2. The van der Waals surface area contributed by atoms with E-state index in [0.717, 1.165) is 16.9 Å². The molecule has 32 heavy (non-hydrogen) atoms. The standard InChI is InChI=1S/C23H20FNO5S2/c1-2-30-18-8-9-20-19(13-18)16(5-11-22(26)27)14-25(20)32(28,29)23-12-10-21(31-23)15-3-6-17(24)7-4-15/h3-4,6-10,12-14H,2,5,11H2,1H3,(H,26,27). The summed E-state index contributed by atoms with van der Waals surface area (Å²) < 4.78 is 47.0. The van der Waals surface area contributed by atoms with Gasteiger partial charge in [0, 0.05) is 22.9 Å². The second-order valence-electron chi connectivity index (χ2n) is 7.09. The second kappa shape index (κ2) is 8.76. The summed E-state index contributed by atoms with van der Waals surface area (Å²) in [6.07, 6.45) is 1.55. The molecule has 0 bridgehead atoms. The monoisotopic (exact) mass is 473 g/mol. The van der Waals surface area contributed by atoms with Gasteiger partial charge in [0.1, 0.15) is 15.8 Å². The van der Waals surface area contributed by atoms with E-state index in [2.05, 4.69) is 0 Å². The van der Waals surface area contributed by atoms with Crippen molar-refractivity contribution < 1.29 is 27.4 Å². The van der Waals surface area contributed by atoms with Gasteiger partial charge in [-0.05, 0) is 66.9 Å². The Balaban J connectivity index is 1.79. The van der Waals surface area contributed by atoms with Crippen LogP contribution < -0.4 is 4.74 Å². The maximum absolute atomic E-state index is 13.5. The number of rotatable bonds is 8. The molecule has 1 N–H and O–H groups in total. The van der Waals surface area contributed by atoms with Gasteiger partial charge in [0.15, 0.2) is 0 Å². The van der Waals surface area contributed by atoms with Gasteiger partial charge in [0.05, 0.1) is 12.1 Å². The number of hydrogen-bond donors (Lipinski definition) is 1. The summed E-state index contributed by atoms with van der Waals surface area (Å²) in [4.78, 5) is 11.8. The summed E-state index contributed by atoms with van der Waals surface area (Å²) in [7, 11) is -3.93.